The fraction of sp³-hybridized carbons (Fsp3) is 0.875. The summed E-state index contributed by atoms with van der Waals surface area (Å²) in [5.74, 6) is -1.21. The summed E-state index contributed by atoms with van der Waals surface area (Å²) < 4.78 is 24.4. The van der Waals surface area contributed by atoms with Gasteiger partial charge in [0.05, 0.1) is 11.4 Å². The molecule has 1 heterocycles. The van der Waals surface area contributed by atoms with Crippen LogP contribution in [0.25, 0.3) is 0 Å². The summed E-state index contributed by atoms with van der Waals surface area (Å²) in [5.41, 5.74) is 0. The van der Waals surface area contributed by atoms with Crippen molar-refractivity contribution in [3.05, 3.63) is 0 Å². The smallest absolute Gasteiger partial charge is 0.322 e. The summed E-state index contributed by atoms with van der Waals surface area (Å²) in [4.78, 5) is 10.8. The zero-order valence-electron chi connectivity index (χ0n) is 8.62. The molecule has 0 unspecified atom stereocenters. The molecule has 1 rings (SSSR count). The van der Waals surface area contributed by atoms with Gasteiger partial charge in [-0.2, -0.15) is 4.31 Å². The number of aliphatic carboxylic acids is 1. The van der Waals surface area contributed by atoms with Crippen LogP contribution in [-0.2, 0) is 14.8 Å². The van der Waals surface area contributed by atoms with Crippen LogP contribution < -0.4 is 0 Å². The third-order valence-electron chi connectivity index (χ3n) is 2.44. The molecule has 0 aromatic rings. The summed E-state index contributed by atoms with van der Waals surface area (Å²) in [5, 5.41) is 17.4. The van der Waals surface area contributed by atoms with Crippen molar-refractivity contribution in [3.8, 4) is 0 Å². The number of hydrogen-bond acceptors (Lipinski definition) is 4. The number of aliphatic hydroxyl groups is 1. The average Bonchev–Trinajstić information content (AvgIpc) is 2.47. The van der Waals surface area contributed by atoms with Crippen molar-refractivity contribution in [2.24, 2.45) is 0 Å². The molecule has 0 aromatic heterocycles. The van der Waals surface area contributed by atoms with Gasteiger partial charge in [-0.05, 0) is 13.8 Å². The van der Waals surface area contributed by atoms with Crippen LogP contribution in [0.2, 0.25) is 0 Å². The molecule has 1 aliphatic rings. The molecule has 2 N–H and O–H groups in total. The number of sulfonamides is 1. The van der Waals surface area contributed by atoms with Gasteiger partial charge in [0, 0.05) is 13.0 Å². The summed E-state index contributed by atoms with van der Waals surface area (Å²) in [6.45, 7) is 2.84. The summed E-state index contributed by atoms with van der Waals surface area (Å²) in [7, 11) is -3.61. The van der Waals surface area contributed by atoms with Crippen molar-refractivity contribution >= 4 is 16.0 Å². The van der Waals surface area contributed by atoms with Crippen molar-refractivity contribution in [1.29, 1.82) is 0 Å². The lowest BCUT2D eigenvalue weighted by Gasteiger charge is -2.22. The van der Waals surface area contributed by atoms with Gasteiger partial charge >= 0.3 is 5.97 Å². The molecule has 15 heavy (non-hydrogen) atoms. The molecular weight excluding hydrogens is 222 g/mol. The molecule has 0 radical (unpaired) electrons. The molecule has 6 nitrogen and oxygen atoms in total. The Balaban J connectivity index is 2.99. The van der Waals surface area contributed by atoms with Gasteiger partial charge in [0.1, 0.15) is 6.04 Å². The second-order valence-corrected chi connectivity index (χ2v) is 6.35. The lowest BCUT2D eigenvalue weighted by molar-refractivity contribution is -0.140. The predicted molar refractivity (Wildman–Crippen MR) is 52.8 cm³/mol. The van der Waals surface area contributed by atoms with Gasteiger partial charge in [-0.15, -0.1) is 0 Å². The molecule has 1 saturated heterocycles. The first-order chi connectivity index (χ1) is 6.76. The number of nitrogens with zero attached hydrogens (tertiary/aromatic N) is 1. The molecule has 2 atom stereocenters. The van der Waals surface area contributed by atoms with Gasteiger partial charge in [-0.1, -0.05) is 0 Å². The number of aliphatic hydroxyl groups excluding tert-OH is 1. The second-order valence-electron chi connectivity index (χ2n) is 3.91. The lowest BCUT2D eigenvalue weighted by Crippen LogP contribution is -2.43. The summed E-state index contributed by atoms with van der Waals surface area (Å²) >= 11 is 0. The fourth-order valence-electron chi connectivity index (χ4n) is 1.56. The van der Waals surface area contributed by atoms with E-state index in [-0.39, 0.29) is 13.0 Å². The lowest BCUT2D eigenvalue weighted by atomic mass is 10.2. The largest absolute Gasteiger partial charge is 0.480 e. The Morgan fingerprint density at radius 1 is 1.47 bits per heavy atom. The van der Waals surface area contributed by atoms with Crippen molar-refractivity contribution in [2.75, 3.05) is 6.54 Å². The van der Waals surface area contributed by atoms with Crippen LogP contribution in [0.1, 0.15) is 20.3 Å². The molecule has 0 aliphatic carbocycles. The minimum absolute atomic E-state index is 0.0404. The Labute approximate surface area is 88.6 Å². The third-order valence-corrected chi connectivity index (χ3v) is 4.69. The maximum Gasteiger partial charge on any atom is 0.322 e. The van der Waals surface area contributed by atoms with Crippen LogP contribution in [0.15, 0.2) is 0 Å². The molecular formula is C8H15NO5S. The molecule has 0 amide bonds. The monoisotopic (exact) mass is 237 g/mol. The molecule has 1 fully saturated rings. The topological polar surface area (TPSA) is 94.9 Å². The van der Waals surface area contributed by atoms with Crippen LogP contribution in [0, 0.1) is 0 Å². The van der Waals surface area contributed by atoms with E-state index in [0.717, 1.165) is 4.31 Å². The van der Waals surface area contributed by atoms with Crippen molar-refractivity contribution in [3.63, 3.8) is 0 Å². The van der Waals surface area contributed by atoms with Crippen molar-refractivity contribution < 1.29 is 23.4 Å². The Morgan fingerprint density at radius 3 is 2.40 bits per heavy atom. The van der Waals surface area contributed by atoms with Crippen LogP contribution in [0.3, 0.4) is 0 Å². The Bertz CT molecular complexity index is 350. The van der Waals surface area contributed by atoms with Gasteiger partial charge in [0.2, 0.25) is 10.0 Å². The first-order valence-corrected chi connectivity index (χ1v) is 6.18. The standard InChI is InChI=1S/C8H15NO5S/c1-5(2)15(13,14)9-4-6(10)3-7(9)8(11)12/h5-7,10H,3-4H2,1-2H3,(H,11,12)/t6-,7+/m1/s1. The quantitative estimate of drug-likeness (QED) is 0.673. The first kappa shape index (κ1) is 12.4. The number of β-amino-alcohol motifs (C(OH)–C–C–N with tert-alkyl or cyclic N) is 1. The Hall–Kier alpha value is -0.660. The van der Waals surface area contributed by atoms with Crippen molar-refractivity contribution in [1.82, 2.24) is 4.31 Å². The van der Waals surface area contributed by atoms with Gasteiger partial charge in [0.25, 0.3) is 0 Å². The van der Waals surface area contributed by atoms with E-state index in [1.807, 2.05) is 0 Å². The minimum Gasteiger partial charge on any atom is -0.480 e. The molecule has 7 heteroatoms. The van der Waals surface area contributed by atoms with Crippen LogP contribution in [0.5, 0.6) is 0 Å². The van der Waals surface area contributed by atoms with E-state index in [4.69, 9.17) is 5.11 Å². The van der Waals surface area contributed by atoms with Gasteiger partial charge in [-0.25, -0.2) is 8.42 Å². The molecule has 0 bridgehead atoms. The van der Waals surface area contributed by atoms with E-state index in [1.54, 1.807) is 0 Å². The van der Waals surface area contributed by atoms with Crippen molar-refractivity contribution in [2.45, 2.75) is 37.7 Å². The SMILES string of the molecule is CC(C)S(=O)(=O)N1C[C@H](O)C[C@H]1C(=O)O. The first-order valence-electron chi connectivity index (χ1n) is 4.68. The fourth-order valence-corrected chi connectivity index (χ4v) is 3.01. The summed E-state index contributed by atoms with van der Waals surface area (Å²) in [6, 6.07) is -1.13. The highest BCUT2D eigenvalue weighted by molar-refractivity contribution is 7.89. The molecule has 1 aliphatic heterocycles. The van der Waals surface area contributed by atoms with Crippen LogP contribution >= 0.6 is 0 Å². The van der Waals surface area contributed by atoms with E-state index in [0.29, 0.717) is 0 Å². The second kappa shape index (κ2) is 4.07. The van der Waals surface area contributed by atoms with E-state index < -0.39 is 33.4 Å². The molecule has 0 aromatic carbocycles. The number of carboxylic acids is 1. The van der Waals surface area contributed by atoms with Gasteiger partial charge < -0.3 is 10.2 Å². The van der Waals surface area contributed by atoms with E-state index in [1.165, 1.54) is 13.8 Å². The highest BCUT2D eigenvalue weighted by atomic mass is 32.2. The van der Waals surface area contributed by atoms with E-state index in [2.05, 4.69) is 0 Å². The third kappa shape index (κ3) is 2.30. The van der Waals surface area contributed by atoms with E-state index >= 15 is 0 Å². The van der Waals surface area contributed by atoms with Crippen LogP contribution in [0.4, 0.5) is 0 Å². The van der Waals surface area contributed by atoms with Gasteiger partial charge in [-0.3, -0.25) is 4.79 Å². The molecule has 0 spiro atoms. The zero-order valence-corrected chi connectivity index (χ0v) is 9.44. The zero-order chi connectivity index (χ0) is 11.8. The number of hydrogen-bond donors (Lipinski definition) is 2. The van der Waals surface area contributed by atoms with Crippen LogP contribution in [-0.4, -0.2) is 52.8 Å². The number of rotatable bonds is 3. The number of carboxylic acid groups (broad SMARTS) is 1. The Kier molecular flexibility index (Phi) is 3.37. The summed E-state index contributed by atoms with van der Waals surface area (Å²) in [6.07, 6.45) is -0.930. The predicted octanol–water partition coefficient (Wildman–Crippen LogP) is -0.756. The highest BCUT2D eigenvalue weighted by Crippen LogP contribution is 2.24. The van der Waals surface area contributed by atoms with E-state index in [9.17, 15) is 18.3 Å². The maximum absolute atomic E-state index is 11.7. The highest BCUT2D eigenvalue weighted by Gasteiger charge is 2.43. The number of carbonyl (C=O) groups is 1. The molecule has 88 valence electrons. The molecule has 0 saturated carbocycles. The maximum atomic E-state index is 11.7. The van der Waals surface area contributed by atoms with Gasteiger partial charge in [0.15, 0.2) is 0 Å². The Morgan fingerprint density at radius 2 is 2.00 bits per heavy atom. The normalized spacial score (nSPS) is 28.5. The average molecular weight is 237 g/mol. The minimum atomic E-state index is -3.61.